The summed E-state index contributed by atoms with van der Waals surface area (Å²) in [6, 6.07) is 4.55. The van der Waals surface area contributed by atoms with Gasteiger partial charge in [-0.25, -0.2) is 0 Å². The van der Waals surface area contributed by atoms with E-state index >= 15 is 0 Å². The Morgan fingerprint density at radius 1 is 1.60 bits per heavy atom. The first kappa shape index (κ1) is 15.1. The molecule has 0 aliphatic heterocycles. The number of aliphatic hydroxyl groups is 1. The molecule has 0 aromatic heterocycles. The van der Waals surface area contributed by atoms with E-state index in [-0.39, 0.29) is 17.9 Å². The van der Waals surface area contributed by atoms with E-state index in [2.05, 4.69) is 12.2 Å². The third-order valence-electron chi connectivity index (χ3n) is 3.85. The highest BCUT2D eigenvalue weighted by molar-refractivity contribution is 6.33. The Morgan fingerprint density at radius 3 is 3.00 bits per heavy atom. The smallest absolute Gasteiger partial charge is 0.293 e. The minimum atomic E-state index is -0.815. The normalized spacial score (nSPS) is 26.2. The number of nitro benzene ring substituents is 1. The molecule has 1 saturated carbocycles. The van der Waals surface area contributed by atoms with Crippen molar-refractivity contribution in [1.29, 1.82) is 0 Å². The van der Waals surface area contributed by atoms with E-state index in [9.17, 15) is 15.2 Å². The lowest BCUT2D eigenvalue weighted by molar-refractivity contribution is -0.384. The van der Waals surface area contributed by atoms with Crippen molar-refractivity contribution in [2.45, 2.75) is 38.2 Å². The molecule has 0 amide bonds. The van der Waals surface area contributed by atoms with Crippen molar-refractivity contribution in [3.05, 3.63) is 33.3 Å². The SMILES string of the molecule is CC1CCCC(O)(CNc2c(Cl)cccc2[N+](=O)[O-])C1. The van der Waals surface area contributed by atoms with Gasteiger partial charge in [-0.15, -0.1) is 0 Å². The van der Waals surface area contributed by atoms with Gasteiger partial charge in [-0.05, 0) is 24.8 Å². The highest BCUT2D eigenvalue weighted by Crippen LogP contribution is 2.35. The molecule has 2 rings (SSSR count). The third-order valence-corrected chi connectivity index (χ3v) is 4.16. The minimum Gasteiger partial charge on any atom is -0.388 e. The standard InChI is InChI=1S/C14H19ClN2O3/c1-10-4-3-7-14(18,8-10)9-16-13-11(15)5-2-6-12(13)17(19)20/h2,5-6,10,16,18H,3-4,7-9H2,1H3. The predicted molar refractivity (Wildman–Crippen MR) is 79.2 cm³/mol. The molecule has 2 atom stereocenters. The molecule has 0 heterocycles. The van der Waals surface area contributed by atoms with E-state index in [1.807, 2.05) is 0 Å². The van der Waals surface area contributed by atoms with E-state index in [0.717, 1.165) is 12.8 Å². The lowest BCUT2D eigenvalue weighted by Gasteiger charge is -2.35. The molecule has 1 aliphatic rings. The van der Waals surface area contributed by atoms with E-state index in [1.54, 1.807) is 12.1 Å². The molecule has 0 saturated heterocycles. The average Bonchev–Trinajstić information content (AvgIpc) is 2.36. The summed E-state index contributed by atoms with van der Waals surface area (Å²) in [5.41, 5.74) is -0.596. The number of hydrogen-bond acceptors (Lipinski definition) is 4. The fourth-order valence-corrected chi connectivity index (χ4v) is 3.12. The molecule has 20 heavy (non-hydrogen) atoms. The van der Waals surface area contributed by atoms with Crippen LogP contribution < -0.4 is 5.32 Å². The van der Waals surface area contributed by atoms with Crippen LogP contribution in [0.25, 0.3) is 0 Å². The van der Waals surface area contributed by atoms with Crippen molar-refractivity contribution in [2.24, 2.45) is 5.92 Å². The van der Waals surface area contributed by atoms with E-state index in [1.165, 1.54) is 6.07 Å². The van der Waals surface area contributed by atoms with Crippen molar-refractivity contribution in [2.75, 3.05) is 11.9 Å². The van der Waals surface area contributed by atoms with Crippen LogP contribution in [0, 0.1) is 16.0 Å². The lowest BCUT2D eigenvalue weighted by atomic mass is 9.79. The number of para-hydroxylation sites is 1. The van der Waals surface area contributed by atoms with Crippen LogP contribution >= 0.6 is 11.6 Å². The summed E-state index contributed by atoms with van der Waals surface area (Å²) in [4.78, 5) is 10.5. The zero-order valence-corrected chi connectivity index (χ0v) is 12.2. The van der Waals surface area contributed by atoms with Gasteiger partial charge in [-0.2, -0.15) is 0 Å². The van der Waals surface area contributed by atoms with Crippen LogP contribution in [0.4, 0.5) is 11.4 Å². The third kappa shape index (κ3) is 3.41. The summed E-state index contributed by atoms with van der Waals surface area (Å²) in [6.07, 6.45) is 3.51. The largest absolute Gasteiger partial charge is 0.388 e. The minimum absolute atomic E-state index is 0.0649. The molecule has 2 N–H and O–H groups in total. The van der Waals surface area contributed by atoms with Gasteiger partial charge in [0.25, 0.3) is 5.69 Å². The topological polar surface area (TPSA) is 75.4 Å². The molecule has 1 aromatic carbocycles. The molecule has 1 aromatic rings. The summed E-state index contributed by atoms with van der Waals surface area (Å²) in [7, 11) is 0. The van der Waals surface area contributed by atoms with E-state index in [0.29, 0.717) is 23.8 Å². The van der Waals surface area contributed by atoms with Crippen LogP contribution in [-0.2, 0) is 0 Å². The van der Waals surface area contributed by atoms with E-state index in [4.69, 9.17) is 11.6 Å². The van der Waals surface area contributed by atoms with Gasteiger partial charge in [0.05, 0.1) is 15.5 Å². The summed E-state index contributed by atoms with van der Waals surface area (Å²) in [5.74, 6) is 0.469. The second-order valence-corrected chi connectivity index (χ2v) is 6.08. The zero-order chi connectivity index (χ0) is 14.8. The number of hydrogen-bond donors (Lipinski definition) is 2. The van der Waals surface area contributed by atoms with E-state index < -0.39 is 10.5 Å². The average molecular weight is 299 g/mol. The molecular weight excluding hydrogens is 280 g/mol. The number of benzene rings is 1. The molecule has 6 heteroatoms. The zero-order valence-electron chi connectivity index (χ0n) is 11.4. The fraction of sp³-hybridized carbons (Fsp3) is 0.571. The Bertz CT molecular complexity index is 509. The van der Waals surface area contributed by atoms with Gasteiger partial charge in [-0.3, -0.25) is 10.1 Å². The number of nitro groups is 1. The van der Waals surface area contributed by atoms with Crippen molar-refractivity contribution < 1.29 is 10.0 Å². The van der Waals surface area contributed by atoms with Crippen molar-refractivity contribution in [1.82, 2.24) is 0 Å². The highest BCUT2D eigenvalue weighted by Gasteiger charge is 2.33. The Balaban J connectivity index is 2.12. The van der Waals surface area contributed by atoms with Crippen LogP contribution in [0.3, 0.4) is 0 Å². The van der Waals surface area contributed by atoms with Crippen molar-refractivity contribution in [3.63, 3.8) is 0 Å². The molecule has 110 valence electrons. The molecule has 0 bridgehead atoms. The summed E-state index contributed by atoms with van der Waals surface area (Å²) >= 11 is 6.02. The first-order valence-electron chi connectivity index (χ1n) is 6.80. The molecule has 5 nitrogen and oxygen atoms in total. The Morgan fingerprint density at radius 2 is 2.35 bits per heavy atom. The van der Waals surface area contributed by atoms with Crippen LogP contribution in [0.5, 0.6) is 0 Å². The quantitative estimate of drug-likeness (QED) is 0.658. The number of rotatable bonds is 4. The maximum absolute atomic E-state index is 11.0. The second kappa shape index (κ2) is 5.97. The van der Waals surface area contributed by atoms with Crippen molar-refractivity contribution >= 4 is 23.0 Å². The number of nitrogens with one attached hydrogen (secondary N) is 1. The lowest BCUT2D eigenvalue weighted by Crippen LogP contribution is -2.41. The second-order valence-electron chi connectivity index (χ2n) is 5.67. The molecule has 1 aliphatic carbocycles. The predicted octanol–water partition coefficient (Wildman–Crippen LogP) is 3.60. The van der Waals surface area contributed by atoms with Gasteiger partial charge in [0, 0.05) is 12.6 Å². The van der Waals surface area contributed by atoms with Gasteiger partial charge in [0.2, 0.25) is 0 Å². The highest BCUT2D eigenvalue weighted by atomic mass is 35.5. The van der Waals surface area contributed by atoms with Crippen LogP contribution in [0.15, 0.2) is 18.2 Å². The Hall–Kier alpha value is -1.33. The molecule has 1 fully saturated rings. The summed E-state index contributed by atoms with van der Waals surface area (Å²) < 4.78 is 0. The maximum Gasteiger partial charge on any atom is 0.293 e. The fourth-order valence-electron chi connectivity index (χ4n) is 2.89. The van der Waals surface area contributed by atoms with Gasteiger partial charge in [0.1, 0.15) is 5.69 Å². The van der Waals surface area contributed by atoms with Gasteiger partial charge in [-0.1, -0.05) is 37.4 Å². The van der Waals surface area contributed by atoms with Crippen molar-refractivity contribution in [3.8, 4) is 0 Å². The number of nitrogens with zero attached hydrogens (tertiary/aromatic N) is 1. The van der Waals surface area contributed by atoms with Crippen LogP contribution in [0.1, 0.15) is 32.6 Å². The molecular formula is C14H19ClN2O3. The molecule has 0 spiro atoms. The monoisotopic (exact) mass is 298 g/mol. The summed E-state index contributed by atoms with van der Waals surface area (Å²) in [6.45, 7) is 2.39. The molecule has 2 unspecified atom stereocenters. The van der Waals surface area contributed by atoms with Gasteiger partial charge in [0.15, 0.2) is 0 Å². The maximum atomic E-state index is 11.0. The Kier molecular flexibility index (Phi) is 4.50. The van der Waals surface area contributed by atoms with Crippen LogP contribution in [0.2, 0.25) is 5.02 Å². The number of halogens is 1. The van der Waals surface area contributed by atoms with Gasteiger partial charge >= 0.3 is 0 Å². The summed E-state index contributed by atoms with van der Waals surface area (Å²) in [5, 5.41) is 24.8. The number of anilines is 1. The molecule has 0 radical (unpaired) electrons. The van der Waals surface area contributed by atoms with Crippen LogP contribution in [-0.4, -0.2) is 22.2 Å². The first-order chi connectivity index (χ1) is 9.41. The van der Waals surface area contributed by atoms with Gasteiger partial charge < -0.3 is 10.4 Å². The Labute approximate surface area is 123 Å². The first-order valence-corrected chi connectivity index (χ1v) is 7.18.